The number of hydrogen-bond acceptors (Lipinski definition) is 2. The molecule has 0 aliphatic carbocycles. The summed E-state index contributed by atoms with van der Waals surface area (Å²) in [5.74, 6) is 2.02. The van der Waals surface area contributed by atoms with E-state index >= 15 is 0 Å². The van der Waals surface area contributed by atoms with Crippen LogP contribution >= 0.6 is 0 Å². The molecule has 0 saturated carbocycles. The van der Waals surface area contributed by atoms with Crippen LogP contribution in [0.4, 0.5) is 0 Å². The maximum atomic E-state index is 4.54. The van der Waals surface area contributed by atoms with E-state index in [0.717, 1.165) is 12.2 Å². The first-order valence-electron chi connectivity index (χ1n) is 8.30. The molecule has 0 fully saturated rings. The Kier molecular flexibility index (Phi) is 4.78. The summed E-state index contributed by atoms with van der Waals surface area (Å²) in [5, 5.41) is 4.54. The summed E-state index contributed by atoms with van der Waals surface area (Å²) < 4.78 is 2.09. The molecule has 1 atom stereocenters. The van der Waals surface area contributed by atoms with Gasteiger partial charge in [0.25, 0.3) is 0 Å². The molecule has 1 unspecified atom stereocenters. The van der Waals surface area contributed by atoms with Crippen molar-refractivity contribution in [1.82, 2.24) is 19.7 Å². The molecule has 0 amide bonds. The molecule has 122 valence electrons. The molecule has 4 nitrogen and oxygen atoms in total. The molecule has 1 N–H and O–H groups in total. The highest BCUT2D eigenvalue weighted by molar-refractivity contribution is 5.15. The van der Waals surface area contributed by atoms with Crippen LogP contribution in [0.5, 0.6) is 0 Å². The second-order valence-corrected chi connectivity index (χ2v) is 7.68. The minimum Gasteiger partial charge on any atom is -0.345 e. The van der Waals surface area contributed by atoms with Gasteiger partial charge in [0.1, 0.15) is 5.82 Å². The first kappa shape index (κ1) is 16.8. The smallest absolute Gasteiger partial charge is 0.108 e. The Morgan fingerprint density at radius 1 is 1.09 bits per heavy atom. The van der Waals surface area contributed by atoms with Gasteiger partial charge in [-0.25, -0.2) is 4.98 Å². The highest BCUT2D eigenvalue weighted by atomic mass is 15.3. The lowest BCUT2D eigenvalue weighted by Crippen LogP contribution is -2.23. The van der Waals surface area contributed by atoms with E-state index in [4.69, 9.17) is 0 Å². The number of rotatable bonds is 6. The fraction of sp³-hybridized carbons (Fsp3) is 0.667. The zero-order valence-electron chi connectivity index (χ0n) is 15.0. The highest BCUT2D eigenvalue weighted by Gasteiger charge is 2.27. The Bertz CT molecular complexity index is 604. The summed E-state index contributed by atoms with van der Waals surface area (Å²) >= 11 is 0. The van der Waals surface area contributed by atoms with Crippen molar-refractivity contribution in [3.8, 4) is 0 Å². The van der Waals surface area contributed by atoms with Gasteiger partial charge in [-0.1, -0.05) is 41.5 Å². The van der Waals surface area contributed by atoms with E-state index in [1.807, 2.05) is 12.4 Å². The highest BCUT2D eigenvalue weighted by Crippen LogP contribution is 2.32. The predicted octanol–water partition coefficient (Wildman–Crippen LogP) is 4.78. The van der Waals surface area contributed by atoms with Crippen LogP contribution in [0.25, 0.3) is 0 Å². The van der Waals surface area contributed by atoms with Crippen LogP contribution in [0, 0.1) is 0 Å². The molecular weight excluding hydrogens is 272 g/mol. The summed E-state index contributed by atoms with van der Waals surface area (Å²) in [5.41, 5.74) is 2.55. The molecule has 0 aliphatic heterocycles. The van der Waals surface area contributed by atoms with E-state index < -0.39 is 0 Å². The Balaban J connectivity index is 2.12. The van der Waals surface area contributed by atoms with Crippen molar-refractivity contribution in [2.45, 2.75) is 78.2 Å². The minimum atomic E-state index is 0.0451. The van der Waals surface area contributed by atoms with Crippen LogP contribution in [0.1, 0.15) is 89.8 Å². The van der Waals surface area contributed by atoms with Gasteiger partial charge >= 0.3 is 0 Å². The average Bonchev–Trinajstić information content (AvgIpc) is 3.08. The molecule has 0 aliphatic rings. The number of nitrogens with one attached hydrogen (secondary N) is 1. The number of hydrogen-bond donors (Lipinski definition) is 1. The Labute approximate surface area is 134 Å². The zero-order valence-corrected chi connectivity index (χ0v) is 15.0. The van der Waals surface area contributed by atoms with E-state index in [1.54, 1.807) is 0 Å². The second-order valence-electron chi connectivity index (χ2n) is 7.68. The van der Waals surface area contributed by atoms with Gasteiger partial charge in [0.15, 0.2) is 0 Å². The third-order valence-electron chi connectivity index (χ3n) is 4.42. The zero-order chi connectivity index (χ0) is 16.5. The van der Waals surface area contributed by atoms with Crippen molar-refractivity contribution in [1.29, 1.82) is 0 Å². The SMILES string of the molecule is CC(C)c1cnn(C(C)CC(C)(C)c2cnc(C(C)C)[nH]2)c1. The maximum absolute atomic E-state index is 4.54. The van der Waals surface area contributed by atoms with Gasteiger partial charge in [0.2, 0.25) is 0 Å². The lowest BCUT2D eigenvalue weighted by molar-refractivity contribution is 0.348. The van der Waals surface area contributed by atoms with Gasteiger partial charge < -0.3 is 4.98 Å². The van der Waals surface area contributed by atoms with E-state index in [0.29, 0.717) is 17.9 Å². The molecule has 0 radical (unpaired) electrons. The summed E-state index contributed by atoms with van der Waals surface area (Å²) in [6, 6.07) is 0.355. The van der Waals surface area contributed by atoms with Crippen molar-refractivity contribution in [2.24, 2.45) is 0 Å². The van der Waals surface area contributed by atoms with E-state index in [2.05, 4.69) is 74.4 Å². The molecule has 22 heavy (non-hydrogen) atoms. The number of aromatic amines is 1. The van der Waals surface area contributed by atoms with E-state index in [9.17, 15) is 0 Å². The molecule has 2 heterocycles. The van der Waals surface area contributed by atoms with E-state index in [-0.39, 0.29) is 5.41 Å². The average molecular weight is 302 g/mol. The van der Waals surface area contributed by atoms with E-state index in [1.165, 1.54) is 11.3 Å². The quantitative estimate of drug-likeness (QED) is 0.834. The lowest BCUT2D eigenvalue weighted by Gasteiger charge is -2.27. The number of nitrogens with zero attached hydrogens (tertiary/aromatic N) is 3. The monoisotopic (exact) mass is 302 g/mol. The molecule has 0 bridgehead atoms. The molecule has 2 aromatic rings. The van der Waals surface area contributed by atoms with Gasteiger partial charge in [0, 0.05) is 35.5 Å². The maximum Gasteiger partial charge on any atom is 0.108 e. The second kappa shape index (κ2) is 6.27. The van der Waals surface area contributed by atoms with Crippen LogP contribution in [0.3, 0.4) is 0 Å². The summed E-state index contributed by atoms with van der Waals surface area (Å²) in [6.45, 7) is 15.5. The van der Waals surface area contributed by atoms with Gasteiger partial charge in [0.05, 0.1) is 6.20 Å². The van der Waals surface area contributed by atoms with Crippen LogP contribution in [0.2, 0.25) is 0 Å². The molecule has 2 aromatic heterocycles. The lowest BCUT2D eigenvalue weighted by atomic mass is 9.83. The minimum absolute atomic E-state index is 0.0451. The topological polar surface area (TPSA) is 46.5 Å². The molecule has 2 rings (SSSR count). The fourth-order valence-electron chi connectivity index (χ4n) is 2.81. The summed E-state index contributed by atoms with van der Waals surface area (Å²) in [6.07, 6.45) is 7.18. The Morgan fingerprint density at radius 3 is 2.27 bits per heavy atom. The summed E-state index contributed by atoms with van der Waals surface area (Å²) in [4.78, 5) is 8.00. The van der Waals surface area contributed by atoms with Crippen molar-refractivity contribution >= 4 is 0 Å². The fourth-order valence-corrected chi connectivity index (χ4v) is 2.81. The Morgan fingerprint density at radius 2 is 1.77 bits per heavy atom. The van der Waals surface area contributed by atoms with Crippen LogP contribution in [-0.4, -0.2) is 19.7 Å². The van der Waals surface area contributed by atoms with Gasteiger partial charge in [-0.15, -0.1) is 0 Å². The van der Waals surface area contributed by atoms with Crippen molar-refractivity contribution in [2.75, 3.05) is 0 Å². The molecule has 0 saturated heterocycles. The van der Waals surface area contributed by atoms with Crippen molar-refractivity contribution in [3.63, 3.8) is 0 Å². The van der Waals surface area contributed by atoms with Crippen molar-refractivity contribution < 1.29 is 0 Å². The summed E-state index contributed by atoms with van der Waals surface area (Å²) in [7, 11) is 0. The first-order valence-corrected chi connectivity index (χ1v) is 8.30. The molecular formula is C18H30N4. The number of H-pyrrole nitrogens is 1. The first-order chi connectivity index (χ1) is 10.2. The van der Waals surface area contributed by atoms with Gasteiger partial charge in [-0.05, 0) is 24.8 Å². The third kappa shape index (κ3) is 3.60. The van der Waals surface area contributed by atoms with Crippen LogP contribution in [-0.2, 0) is 5.41 Å². The van der Waals surface area contributed by atoms with Crippen LogP contribution in [0.15, 0.2) is 18.6 Å². The largest absolute Gasteiger partial charge is 0.345 e. The third-order valence-corrected chi connectivity index (χ3v) is 4.42. The molecule has 0 aromatic carbocycles. The molecule has 0 spiro atoms. The normalized spacial score (nSPS) is 14.0. The van der Waals surface area contributed by atoms with Gasteiger partial charge in [-0.2, -0.15) is 5.10 Å². The standard InChI is InChI=1S/C18H30N4/c1-12(2)15-9-20-22(11-15)14(5)8-18(6,7)16-10-19-17(21-16)13(3)4/h9-14H,8H2,1-7H3,(H,19,21). The Hall–Kier alpha value is -1.58. The van der Waals surface area contributed by atoms with Crippen molar-refractivity contribution in [3.05, 3.63) is 35.7 Å². The number of imidazole rings is 1. The predicted molar refractivity (Wildman–Crippen MR) is 91.3 cm³/mol. The van der Waals surface area contributed by atoms with Crippen LogP contribution < -0.4 is 0 Å². The number of aromatic nitrogens is 4. The van der Waals surface area contributed by atoms with Gasteiger partial charge in [-0.3, -0.25) is 4.68 Å². The molecule has 4 heteroatoms.